The number of pyridine rings is 2. The number of rotatable bonds is 18. The standard InChI is InChI=1S/C27H38BF2N3O4Si.C21H28BrF2N3O2Si.C12H24B2O4.2CH4/c1-25(2,3)38(8,9)35-16-19-11-10-12-24(32-19)33-21-13-18(28-36-26(4,5)27(6,7)37-28)14-22(20(21)15-31-33)34-17-23(29)30;1-21(2,3)30(4,5)29-12-15-7-6-8-20(26-15)27-17-9-14(22)10-18(16(17)11-25)28-13-19(23)24;1-9(2)10(3,4)16-13(15-9)14-17-11(5,6)12(7,8)18-14;;/h10-15,23H,16-17H2,1-9H3;6-11,19,25H,12-13H2,1-5H3,(H,26,27);1-8H3;2*1H4. The van der Waals surface area contributed by atoms with E-state index in [2.05, 4.69) is 99.1 Å². The number of hydrogen-bond acceptors (Lipinski definition) is 15. The average Bonchev–Trinajstić information content (AvgIpc) is 1.69. The Bertz CT molecular complexity index is 3080. The zero-order valence-corrected chi connectivity index (χ0v) is 58.0. The van der Waals surface area contributed by atoms with Crippen molar-refractivity contribution in [3.05, 3.63) is 88.3 Å². The van der Waals surface area contributed by atoms with Gasteiger partial charge in [-0.25, -0.2) is 32.2 Å². The van der Waals surface area contributed by atoms with Crippen molar-refractivity contribution in [3.63, 3.8) is 0 Å². The second kappa shape index (κ2) is 28.3. The topological polar surface area (TPSA) is 172 Å². The number of anilines is 2. The minimum atomic E-state index is -2.61. The van der Waals surface area contributed by atoms with Gasteiger partial charge in [-0.1, -0.05) is 84.5 Å². The summed E-state index contributed by atoms with van der Waals surface area (Å²) in [5, 5.41) is 16.2. The molecule has 0 unspecified atom stereocenters. The number of ether oxygens (including phenoxy) is 2. The zero-order chi connectivity index (χ0) is 64.6. The molecule has 8 rings (SSSR count). The molecule has 3 saturated heterocycles. The van der Waals surface area contributed by atoms with Crippen molar-refractivity contribution in [1.29, 1.82) is 5.41 Å². The Morgan fingerprint density at radius 3 is 1.50 bits per heavy atom. The maximum Gasteiger partial charge on any atom is 0.495 e. The van der Waals surface area contributed by atoms with Crippen LogP contribution in [0.4, 0.5) is 29.1 Å². The normalized spacial score (nSPS) is 18.3. The van der Waals surface area contributed by atoms with Crippen molar-refractivity contribution < 1.29 is 63.8 Å². The van der Waals surface area contributed by atoms with E-state index in [0.717, 1.165) is 17.6 Å². The molecule has 0 aliphatic carbocycles. The minimum absolute atomic E-state index is 0. The summed E-state index contributed by atoms with van der Waals surface area (Å²) in [5.74, 6) is 1.63. The van der Waals surface area contributed by atoms with Gasteiger partial charge in [0.25, 0.3) is 12.9 Å². The SMILES string of the molecule is C.C.CC(C)(C)[Si](C)(C)OCc1cccc(Nc2cc(Br)cc(OCC(F)F)c2C=N)n1.CC1(C)OB(B2OC(C)(C)C(C)(C)O2)OC1(C)C.CC1(C)OB(c2cc(OCC(F)F)c3cnn(-c4cccc(CO[Si](C)(C)C(C)(C)C)n4)c3c2)OC1(C)C. The highest BCUT2D eigenvalue weighted by atomic mass is 79.9. The Hall–Kier alpha value is -4.21. The Labute approximate surface area is 533 Å². The first-order valence-corrected chi connectivity index (χ1v) is 35.6. The summed E-state index contributed by atoms with van der Waals surface area (Å²) >= 11 is 3.36. The highest BCUT2D eigenvalue weighted by molar-refractivity contribution is 9.10. The quantitative estimate of drug-likeness (QED) is 0.0482. The zero-order valence-electron chi connectivity index (χ0n) is 54.4. The number of hydrogen-bond donors (Lipinski definition) is 2. The van der Waals surface area contributed by atoms with E-state index in [4.69, 9.17) is 56.6 Å². The Kier molecular flexibility index (Phi) is 24.6. The Morgan fingerprint density at radius 1 is 0.625 bits per heavy atom. The van der Waals surface area contributed by atoms with E-state index in [9.17, 15) is 17.6 Å². The molecule has 0 saturated carbocycles. The molecule has 2 aromatic carbocycles. The largest absolute Gasteiger partial charge is 0.495 e. The summed E-state index contributed by atoms with van der Waals surface area (Å²) in [4.78, 5) is 9.40. The molecule has 6 heterocycles. The molecular weight excluding hydrogens is 1230 g/mol. The lowest BCUT2D eigenvalue weighted by Gasteiger charge is -2.36. The lowest BCUT2D eigenvalue weighted by molar-refractivity contribution is 0.00578. The van der Waals surface area contributed by atoms with Gasteiger partial charge in [-0.15, -0.1) is 0 Å². The van der Waals surface area contributed by atoms with Crippen LogP contribution in [0.2, 0.25) is 36.3 Å². The molecule has 0 amide bonds. The average molecular weight is 1330 g/mol. The predicted molar refractivity (Wildman–Crippen MR) is 357 cm³/mol. The number of benzene rings is 2. The van der Waals surface area contributed by atoms with Crippen molar-refractivity contribution in [2.75, 3.05) is 18.5 Å². The second-order valence-corrected chi connectivity index (χ2v) is 38.5. The van der Waals surface area contributed by atoms with E-state index in [1.807, 2.05) is 119 Å². The van der Waals surface area contributed by atoms with Crippen molar-refractivity contribution >= 4 is 87.8 Å². The molecule has 5 aromatic rings. The van der Waals surface area contributed by atoms with Crippen LogP contribution in [0.5, 0.6) is 11.5 Å². The van der Waals surface area contributed by atoms with Crippen molar-refractivity contribution in [2.24, 2.45) is 0 Å². The van der Waals surface area contributed by atoms with Gasteiger partial charge in [0, 0.05) is 10.7 Å². The molecule has 2 N–H and O–H groups in total. The fourth-order valence-electron chi connectivity index (χ4n) is 8.18. The van der Waals surface area contributed by atoms with Gasteiger partial charge < -0.3 is 57.0 Å². The van der Waals surface area contributed by atoms with Gasteiger partial charge in [0.1, 0.15) is 30.5 Å². The molecule has 16 nitrogen and oxygen atoms in total. The third kappa shape index (κ3) is 18.1. The van der Waals surface area contributed by atoms with Gasteiger partial charge in [-0.3, -0.25) is 0 Å². The highest BCUT2D eigenvalue weighted by Crippen LogP contribution is 2.44. The van der Waals surface area contributed by atoms with Gasteiger partial charge in [0.15, 0.2) is 22.5 Å². The number of halogens is 5. The van der Waals surface area contributed by atoms with Crippen LogP contribution in [0.3, 0.4) is 0 Å². The van der Waals surface area contributed by atoms with Crippen molar-refractivity contribution in [3.8, 4) is 17.3 Å². The second-order valence-electron chi connectivity index (χ2n) is 28.0. The van der Waals surface area contributed by atoms with Crippen LogP contribution in [-0.2, 0) is 50.0 Å². The molecule has 0 radical (unpaired) electrons. The summed E-state index contributed by atoms with van der Waals surface area (Å²) in [6.07, 6.45) is -2.54. The van der Waals surface area contributed by atoms with E-state index < -0.39 is 75.0 Å². The molecule has 0 bridgehead atoms. The molecule has 0 spiro atoms. The third-order valence-electron chi connectivity index (χ3n) is 17.8. The first-order valence-electron chi connectivity index (χ1n) is 29.0. The summed E-state index contributed by atoms with van der Waals surface area (Å²) in [6.45, 7) is 45.3. The third-order valence-corrected chi connectivity index (χ3v) is 27.2. The van der Waals surface area contributed by atoms with E-state index in [1.54, 1.807) is 35.1 Å². The number of nitrogens with one attached hydrogen (secondary N) is 2. The first-order chi connectivity index (χ1) is 39.3. The number of fused-ring (bicyclic) bond motifs is 1. The van der Waals surface area contributed by atoms with E-state index >= 15 is 0 Å². The summed E-state index contributed by atoms with van der Waals surface area (Å²) in [6, 6.07) is 18.1. The molecular formula is C62H98B3BrF4N6O10Si2. The molecule has 3 aliphatic heterocycles. The molecule has 88 heavy (non-hydrogen) atoms. The number of nitrogens with zero attached hydrogens (tertiary/aromatic N) is 4. The van der Waals surface area contributed by atoms with Crippen LogP contribution >= 0.6 is 15.9 Å². The Balaban J connectivity index is 0.000000296. The minimum Gasteiger partial charge on any atom is -0.487 e. The molecule has 0 atom stereocenters. The smallest absolute Gasteiger partial charge is 0.487 e. The van der Waals surface area contributed by atoms with Gasteiger partial charge in [-0.2, -0.15) is 5.10 Å². The van der Waals surface area contributed by atoms with Gasteiger partial charge >= 0.3 is 21.1 Å². The molecule has 488 valence electrons. The first kappa shape index (κ1) is 76.2. The summed E-state index contributed by atoms with van der Waals surface area (Å²) < 4.78 is 113. The van der Waals surface area contributed by atoms with Crippen LogP contribution in [0.15, 0.2) is 71.3 Å². The van der Waals surface area contributed by atoms with Crippen LogP contribution in [0.1, 0.15) is 156 Å². The van der Waals surface area contributed by atoms with E-state index in [0.29, 0.717) is 56.9 Å². The molecule has 3 fully saturated rings. The summed E-state index contributed by atoms with van der Waals surface area (Å²) in [5.41, 5.74) is 1.20. The van der Waals surface area contributed by atoms with Gasteiger partial charge in [0.05, 0.1) is 86.6 Å². The molecule has 3 aromatic heterocycles. The lowest BCUT2D eigenvalue weighted by atomic mass is 9.49. The van der Waals surface area contributed by atoms with Crippen LogP contribution in [0.25, 0.3) is 16.7 Å². The maximum atomic E-state index is 13.1. The van der Waals surface area contributed by atoms with Crippen molar-refractivity contribution in [1.82, 2.24) is 19.7 Å². The van der Waals surface area contributed by atoms with Crippen LogP contribution in [0, 0.1) is 5.41 Å². The number of aromatic nitrogens is 4. The van der Waals surface area contributed by atoms with Gasteiger partial charge in [-0.05, 0) is 173 Å². The highest BCUT2D eigenvalue weighted by Gasteiger charge is 2.64. The summed E-state index contributed by atoms with van der Waals surface area (Å²) in [7, 11) is -5.50. The number of alkyl halides is 4. The predicted octanol–water partition coefficient (Wildman–Crippen LogP) is 16.2. The van der Waals surface area contributed by atoms with Gasteiger partial charge in [0.2, 0.25) is 0 Å². The fraction of sp³-hybridized carbons (Fsp3) is 0.613. The Morgan fingerprint density at radius 2 is 1.06 bits per heavy atom. The van der Waals surface area contributed by atoms with E-state index in [-0.39, 0.29) is 58.8 Å². The van der Waals surface area contributed by atoms with E-state index in [1.165, 1.54) is 0 Å². The molecule has 26 heteroatoms. The maximum absolute atomic E-state index is 13.1. The monoisotopic (exact) mass is 1330 g/mol. The van der Waals surface area contributed by atoms with Crippen LogP contribution in [-0.4, -0.2) is 123 Å². The van der Waals surface area contributed by atoms with Crippen LogP contribution < -0.4 is 20.3 Å². The van der Waals surface area contributed by atoms with Crippen molar-refractivity contribution in [2.45, 2.75) is 235 Å². The fourth-order valence-corrected chi connectivity index (χ4v) is 10.5. The lowest BCUT2D eigenvalue weighted by Crippen LogP contribution is -2.41. The molecule has 3 aliphatic rings.